The van der Waals surface area contributed by atoms with E-state index < -0.39 is 0 Å². The van der Waals surface area contributed by atoms with Gasteiger partial charge in [0.1, 0.15) is 0 Å². The molecule has 1 aliphatic carbocycles. The molecule has 2 fully saturated rings. The molecule has 0 bridgehead atoms. The number of hydrogen-bond acceptors (Lipinski definition) is 2. The van der Waals surface area contributed by atoms with E-state index in [-0.39, 0.29) is 0 Å². The summed E-state index contributed by atoms with van der Waals surface area (Å²) in [5.41, 5.74) is 6.86. The van der Waals surface area contributed by atoms with E-state index in [0.29, 0.717) is 11.0 Å². The van der Waals surface area contributed by atoms with Gasteiger partial charge in [-0.3, -0.25) is 4.90 Å². The molecule has 2 aliphatic rings. The third-order valence-electron chi connectivity index (χ3n) is 4.92. The van der Waals surface area contributed by atoms with Crippen molar-refractivity contribution in [3.63, 3.8) is 0 Å². The molecule has 2 heteroatoms. The molecular formula is C14H28N2. The average molecular weight is 224 g/mol. The molecule has 2 nitrogen and oxygen atoms in total. The monoisotopic (exact) mass is 224 g/mol. The van der Waals surface area contributed by atoms with Crippen LogP contribution in [-0.4, -0.2) is 30.1 Å². The SMILES string of the molecule is CC1CC(CN)(N2CCC(C(C)(C)C)C2)C1. The van der Waals surface area contributed by atoms with Gasteiger partial charge >= 0.3 is 0 Å². The van der Waals surface area contributed by atoms with E-state index in [1.54, 1.807) is 0 Å². The van der Waals surface area contributed by atoms with Crippen molar-refractivity contribution >= 4 is 0 Å². The Labute approximate surface area is 101 Å². The van der Waals surface area contributed by atoms with Gasteiger partial charge in [0, 0.05) is 18.6 Å². The number of likely N-dealkylation sites (tertiary alicyclic amines) is 1. The van der Waals surface area contributed by atoms with Gasteiger partial charge in [-0.15, -0.1) is 0 Å². The van der Waals surface area contributed by atoms with Crippen molar-refractivity contribution in [1.82, 2.24) is 4.90 Å². The Morgan fingerprint density at radius 1 is 1.31 bits per heavy atom. The van der Waals surface area contributed by atoms with Crippen molar-refractivity contribution in [1.29, 1.82) is 0 Å². The lowest BCUT2D eigenvalue weighted by molar-refractivity contribution is -0.00205. The number of hydrogen-bond donors (Lipinski definition) is 1. The van der Waals surface area contributed by atoms with Gasteiger partial charge in [0.15, 0.2) is 0 Å². The Morgan fingerprint density at radius 2 is 1.94 bits per heavy atom. The van der Waals surface area contributed by atoms with Crippen LogP contribution in [0.25, 0.3) is 0 Å². The molecule has 0 spiro atoms. The average Bonchev–Trinajstić information content (AvgIpc) is 2.60. The molecule has 0 aromatic carbocycles. The molecule has 0 aromatic heterocycles. The fourth-order valence-electron chi connectivity index (χ4n) is 3.69. The van der Waals surface area contributed by atoms with E-state index in [2.05, 4.69) is 32.6 Å². The first-order valence-corrected chi connectivity index (χ1v) is 6.82. The number of nitrogens with zero attached hydrogens (tertiary/aromatic N) is 1. The molecule has 94 valence electrons. The lowest BCUT2D eigenvalue weighted by Crippen LogP contribution is -2.60. The lowest BCUT2D eigenvalue weighted by Gasteiger charge is -2.52. The largest absolute Gasteiger partial charge is 0.329 e. The van der Waals surface area contributed by atoms with Crippen LogP contribution in [0.15, 0.2) is 0 Å². The molecule has 1 unspecified atom stereocenters. The van der Waals surface area contributed by atoms with Crippen molar-refractivity contribution in [3.8, 4) is 0 Å². The van der Waals surface area contributed by atoms with Gasteiger partial charge in [0.25, 0.3) is 0 Å². The third kappa shape index (κ3) is 2.02. The number of nitrogens with two attached hydrogens (primary N) is 1. The zero-order chi connectivity index (χ0) is 12.0. The van der Waals surface area contributed by atoms with Gasteiger partial charge in [0.05, 0.1) is 0 Å². The Morgan fingerprint density at radius 3 is 2.31 bits per heavy atom. The minimum Gasteiger partial charge on any atom is -0.329 e. The molecule has 1 atom stereocenters. The molecule has 0 radical (unpaired) electrons. The summed E-state index contributed by atoms with van der Waals surface area (Å²) < 4.78 is 0. The Kier molecular flexibility index (Phi) is 3.09. The van der Waals surface area contributed by atoms with Gasteiger partial charge in [-0.2, -0.15) is 0 Å². The minimum absolute atomic E-state index is 0.374. The second-order valence-corrected chi connectivity index (χ2v) is 7.24. The summed E-state index contributed by atoms with van der Waals surface area (Å²) >= 11 is 0. The van der Waals surface area contributed by atoms with Crippen LogP contribution in [0.5, 0.6) is 0 Å². The summed E-state index contributed by atoms with van der Waals surface area (Å²) in [5.74, 6) is 1.74. The highest BCUT2D eigenvalue weighted by Gasteiger charge is 2.48. The molecule has 0 aromatic rings. The molecular weight excluding hydrogens is 196 g/mol. The second kappa shape index (κ2) is 3.99. The quantitative estimate of drug-likeness (QED) is 0.781. The summed E-state index contributed by atoms with van der Waals surface area (Å²) in [7, 11) is 0. The fourth-order valence-corrected chi connectivity index (χ4v) is 3.69. The van der Waals surface area contributed by atoms with E-state index in [1.807, 2.05) is 0 Å². The third-order valence-corrected chi connectivity index (χ3v) is 4.92. The number of rotatable bonds is 2. The molecule has 1 aliphatic heterocycles. The molecule has 2 rings (SSSR count). The molecule has 1 saturated carbocycles. The topological polar surface area (TPSA) is 29.3 Å². The van der Waals surface area contributed by atoms with Gasteiger partial charge in [-0.05, 0) is 43.1 Å². The summed E-state index contributed by atoms with van der Waals surface area (Å²) in [6.45, 7) is 12.9. The van der Waals surface area contributed by atoms with Gasteiger partial charge < -0.3 is 5.73 Å². The van der Waals surface area contributed by atoms with Crippen LogP contribution in [-0.2, 0) is 0 Å². The summed E-state index contributed by atoms with van der Waals surface area (Å²) in [6, 6.07) is 0. The molecule has 1 saturated heterocycles. The predicted molar refractivity (Wildman–Crippen MR) is 69.3 cm³/mol. The fraction of sp³-hybridized carbons (Fsp3) is 1.00. The normalized spacial score (nSPS) is 41.1. The van der Waals surface area contributed by atoms with Crippen LogP contribution >= 0.6 is 0 Å². The van der Waals surface area contributed by atoms with Crippen LogP contribution in [0.3, 0.4) is 0 Å². The molecule has 2 N–H and O–H groups in total. The van der Waals surface area contributed by atoms with E-state index in [1.165, 1.54) is 32.4 Å². The first kappa shape index (κ1) is 12.4. The van der Waals surface area contributed by atoms with Crippen LogP contribution in [0.1, 0.15) is 47.0 Å². The van der Waals surface area contributed by atoms with Gasteiger partial charge in [-0.1, -0.05) is 27.7 Å². The Balaban J connectivity index is 1.98. The minimum atomic E-state index is 0.374. The zero-order valence-corrected chi connectivity index (χ0v) is 11.4. The highest BCUT2D eigenvalue weighted by atomic mass is 15.2. The van der Waals surface area contributed by atoms with Crippen molar-refractivity contribution < 1.29 is 0 Å². The van der Waals surface area contributed by atoms with Crippen LogP contribution in [0, 0.1) is 17.3 Å². The van der Waals surface area contributed by atoms with E-state index >= 15 is 0 Å². The van der Waals surface area contributed by atoms with Crippen molar-refractivity contribution in [3.05, 3.63) is 0 Å². The molecule has 1 heterocycles. The predicted octanol–water partition coefficient (Wildman–Crippen LogP) is 2.48. The van der Waals surface area contributed by atoms with Gasteiger partial charge in [0.2, 0.25) is 0 Å². The van der Waals surface area contributed by atoms with Crippen molar-refractivity contribution in [2.75, 3.05) is 19.6 Å². The second-order valence-electron chi connectivity index (χ2n) is 7.24. The maximum absolute atomic E-state index is 6.02. The standard InChI is InChI=1S/C14H28N2/c1-11-7-14(8-11,10-15)16-6-5-12(9-16)13(2,3)4/h11-12H,5-10,15H2,1-4H3. The van der Waals surface area contributed by atoms with Crippen molar-refractivity contribution in [2.45, 2.75) is 52.5 Å². The van der Waals surface area contributed by atoms with Crippen molar-refractivity contribution in [2.24, 2.45) is 23.0 Å². The van der Waals surface area contributed by atoms with Crippen LogP contribution < -0.4 is 5.73 Å². The molecule has 0 amide bonds. The van der Waals surface area contributed by atoms with Gasteiger partial charge in [-0.25, -0.2) is 0 Å². The van der Waals surface area contributed by atoms with E-state index in [0.717, 1.165) is 18.4 Å². The summed E-state index contributed by atoms with van der Waals surface area (Å²) in [4.78, 5) is 2.70. The maximum atomic E-state index is 6.02. The van der Waals surface area contributed by atoms with E-state index in [9.17, 15) is 0 Å². The zero-order valence-electron chi connectivity index (χ0n) is 11.4. The molecule has 16 heavy (non-hydrogen) atoms. The first-order chi connectivity index (χ1) is 7.37. The summed E-state index contributed by atoms with van der Waals surface area (Å²) in [6.07, 6.45) is 4.00. The Hall–Kier alpha value is -0.0800. The van der Waals surface area contributed by atoms with E-state index in [4.69, 9.17) is 5.73 Å². The highest BCUT2D eigenvalue weighted by Crippen LogP contribution is 2.45. The Bertz CT molecular complexity index is 248. The smallest absolute Gasteiger partial charge is 0.0336 e. The van der Waals surface area contributed by atoms with Crippen LogP contribution in [0.4, 0.5) is 0 Å². The lowest BCUT2D eigenvalue weighted by atomic mass is 9.68. The van der Waals surface area contributed by atoms with Crippen LogP contribution in [0.2, 0.25) is 0 Å². The maximum Gasteiger partial charge on any atom is 0.0336 e. The first-order valence-electron chi connectivity index (χ1n) is 6.82. The highest BCUT2D eigenvalue weighted by molar-refractivity contribution is 5.04. The summed E-state index contributed by atoms with van der Waals surface area (Å²) in [5, 5.41) is 0.